The first kappa shape index (κ1) is 14.8. The van der Waals surface area contributed by atoms with E-state index in [2.05, 4.69) is 31.9 Å². The van der Waals surface area contributed by atoms with Crippen LogP contribution in [0.15, 0.2) is 40.9 Å². The normalized spacial score (nSPS) is 12.3. The van der Waals surface area contributed by atoms with Crippen LogP contribution >= 0.6 is 43.5 Å². The van der Waals surface area contributed by atoms with Gasteiger partial charge in [-0.2, -0.15) is 0 Å². The molecule has 0 saturated carbocycles. The minimum Gasteiger partial charge on any atom is -0.496 e. The number of hydrogen-bond acceptors (Lipinski definition) is 1. The molecule has 0 aliphatic rings. The Labute approximate surface area is 133 Å². The Balaban J connectivity index is 2.52. The predicted octanol–water partition coefficient (Wildman–Crippen LogP) is 5.73. The van der Waals surface area contributed by atoms with Crippen LogP contribution < -0.4 is 4.74 Å². The monoisotopic (exact) mass is 406 g/mol. The molecule has 1 nitrogen and oxygen atoms in total. The Bertz CT molecular complexity index is 604. The highest BCUT2D eigenvalue weighted by molar-refractivity contribution is 9.10. The van der Waals surface area contributed by atoms with Gasteiger partial charge in [-0.3, -0.25) is 0 Å². The fourth-order valence-corrected chi connectivity index (χ4v) is 3.06. The lowest BCUT2D eigenvalue weighted by atomic mass is 10.0. The fraction of sp³-hybridized carbons (Fsp3) is 0.143. The summed E-state index contributed by atoms with van der Waals surface area (Å²) in [5, 5.41) is 0.107. The molecule has 5 heteroatoms. The predicted molar refractivity (Wildman–Crippen MR) is 82.9 cm³/mol. The van der Waals surface area contributed by atoms with Crippen LogP contribution in [0.1, 0.15) is 16.0 Å². The first-order valence-electron chi connectivity index (χ1n) is 5.46. The van der Waals surface area contributed by atoms with Crippen LogP contribution in [0.2, 0.25) is 5.02 Å². The molecule has 0 bridgehead atoms. The van der Waals surface area contributed by atoms with E-state index in [4.69, 9.17) is 16.3 Å². The maximum Gasteiger partial charge on any atom is 0.146 e. The molecular formula is C14H10Br2ClFO. The van der Waals surface area contributed by atoms with Gasteiger partial charge in [0.05, 0.1) is 17.0 Å². The highest BCUT2D eigenvalue weighted by Gasteiger charge is 2.20. The van der Waals surface area contributed by atoms with Gasteiger partial charge in [-0.05, 0) is 24.3 Å². The lowest BCUT2D eigenvalue weighted by Gasteiger charge is -2.16. The number of methoxy groups -OCH3 is 1. The van der Waals surface area contributed by atoms with Gasteiger partial charge >= 0.3 is 0 Å². The Kier molecular flexibility index (Phi) is 4.87. The second kappa shape index (κ2) is 6.25. The molecular weight excluding hydrogens is 398 g/mol. The number of alkyl halides is 1. The first-order valence-corrected chi connectivity index (χ1v) is 7.54. The molecule has 0 aromatic heterocycles. The van der Waals surface area contributed by atoms with E-state index in [1.807, 2.05) is 18.2 Å². The van der Waals surface area contributed by atoms with Crippen molar-refractivity contribution < 1.29 is 9.13 Å². The van der Waals surface area contributed by atoms with Crippen LogP contribution in [0.5, 0.6) is 5.75 Å². The van der Waals surface area contributed by atoms with Crippen LogP contribution in [0.25, 0.3) is 0 Å². The van der Waals surface area contributed by atoms with Gasteiger partial charge in [-0.15, -0.1) is 0 Å². The van der Waals surface area contributed by atoms with Crippen molar-refractivity contribution in [1.82, 2.24) is 0 Å². The van der Waals surface area contributed by atoms with Gasteiger partial charge in [0, 0.05) is 15.6 Å². The summed E-state index contributed by atoms with van der Waals surface area (Å²) >= 11 is 12.7. The van der Waals surface area contributed by atoms with Crippen molar-refractivity contribution in [2.45, 2.75) is 4.83 Å². The van der Waals surface area contributed by atoms with E-state index in [1.165, 1.54) is 6.07 Å². The highest BCUT2D eigenvalue weighted by atomic mass is 79.9. The van der Waals surface area contributed by atoms with Gasteiger partial charge in [0.1, 0.15) is 11.6 Å². The molecule has 1 unspecified atom stereocenters. The number of ether oxygens (including phenoxy) is 1. The molecule has 0 N–H and O–H groups in total. The van der Waals surface area contributed by atoms with Crippen molar-refractivity contribution >= 4 is 43.5 Å². The fourth-order valence-electron chi connectivity index (χ4n) is 1.79. The molecule has 0 aliphatic carbocycles. The summed E-state index contributed by atoms with van der Waals surface area (Å²) < 4.78 is 20.3. The van der Waals surface area contributed by atoms with Crippen LogP contribution in [-0.2, 0) is 0 Å². The number of rotatable bonds is 3. The Morgan fingerprint density at radius 1 is 1.21 bits per heavy atom. The first-order chi connectivity index (χ1) is 9.04. The summed E-state index contributed by atoms with van der Waals surface area (Å²) in [6.07, 6.45) is 0. The zero-order valence-electron chi connectivity index (χ0n) is 9.96. The van der Waals surface area contributed by atoms with Gasteiger partial charge in [0.15, 0.2) is 0 Å². The summed E-state index contributed by atoms with van der Waals surface area (Å²) in [4.78, 5) is -0.335. The third-order valence-electron chi connectivity index (χ3n) is 2.72. The molecule has 0 radical (unpaired) electrons. The zero-order chi connectivity index (χ0) is 14.0. The van der Waals surface area contributed by atoms with Gasteiger partial charge in [0.2, 0.25) is 0 Å². The van der Waals surface area contributed by atoms with Gasteiger partial charge in [-0.1, -0.05) is 55.6 Å². The molecule has 2 aromatic carbocycles. The summed E-state index contributed by atoms with van der Waals surface area (Å²) in [7, 11) is 1.58. The Morgan fingerprint density at radius 3 is 2.63 bits per heavy atom. The maximum atomic E-state index is 14.1. The zero-order valence-corrected chi connectivity index (χ0v) is 13.9. The summed E-state index contributed by atoms with van der Waals surface area (Å²) in [5.41, 5.74) is 1.31. The summed E-state index contributed by atoms with van der Waals surface area (Å²) in [6, 6.07) is 10.5. The Hall–Kier alpha value is -0.580. The third-order valence-corrected chi connectivity index (χ3v) is 4.49. The third kappa shape index (κ3) is 3.12. The van der Waals surface area contributed by atoms with E-state index >= 15 is 0 Å². The Morgan fingerprint density at radius 2 is 1.95 bits per heavy atom. The molecule has 0 aliphatic heterocycles. The molecule has 19 heavy (non-hydrogen) atoms. The van der Waals surface area contributed by atoms with Crippen LogP contribution in [0, 0.1) is 5.82 Å². The van der Waals surface area contributed by atoms with Crippen LogP contribution in [0.4, 0.5) is 4.39 Å². The second-order valence-electron chi connectivity index (χ2n) is 3.89. The standard InChI is InChI=1S/C14H10Br2ClFO/c1-19-12-6-5-8(15)7-10(12)13(16)9-3-2-4-11(17)14(9)18/h2-7,13H,1H3. The molecule has 0 heterocycles. The van der Waals surface area contributed by atoms with E-state index < -0.39 is 5.82 Å². The van der Waals surface area contributed by atoms with Crippen molar-refractivity contribution in [3.8, 4) is 5.75 Å². The minimum atomic E-state index is -0.423. The summed E-state index contributed by atoms with van der Waals surface area (Å²) in [6.45, 7) is 0. The van der Waals surface area contributed by atoms with Crippen molar-refractivity contribution in [2.75, 3.05) is 7.11 Å². The lowest BCUT2D eigenvalue weighted by Crippen LogP contribution is -2.00. The second-order valence-corrected chi connectivity index (χ2v) is 6.13. The van der Waals surface area contributed by atoms with Crippen LogP contribution in [-0.4, -0.2) is 7.11 Å². The van der Waals surface area contributed by atoms with E-state index in [-0.39, 0.29) is 9.85 Å². The molecule has 0 fully saturated rings. The SMILES string of the molecule is COc1ccc(Br)cc1C(Br)c1cccc(Cl)c1F. The van der Waals surface area contributed by atoms with Crippen LogP contribution in [0.3, 0.4) is 0 Å². The van der Waals surface area contributed by atoms with Crippen molar-refractivity contribution in [1.29, 1.82) is 0 Å². The highest BCUT2D eigenvalue weighted by Crippen LogP contribution is 2.40. The van der Waals surface area contributed by atoms with Crippen molar-refractivity contribution in [3.63, 3.8) is 0 Å². The van der Waals surface area contributed by atoms with Crippen molar-refractivity contribution in [3.05, 3.63) is 62.8 Å². The maximum absolute atomic E-state index is 14.1. The molecule has 0 spiro atoms. The molecule has 0 amide bonds. The smallest absolute Gasteiger partial charge is 0.146 e. The topological polar surface area (TPSA) is 9.23 Å². The molecule has 1 atom stereocenters. The van der Waals surface area contributed by atoms with E-state index in [9.17, 15) is 4.39 Å². The quantitative estimate of drug-likeness (QED) is 0.589. The number of halogens is 4. The van der Waals surface area contributed by atoms with Gasteiger partial charge in [0.25, 0.3) is 0 Å². The lowest BCUT2D eigenvalue weighted by molar-refractivity contribution is 0.410. The van der Waals surface area contributed by atoms with E-state index in [0.29, 0.717) is 11.3 Å². The molecule has 100 valence electrons. The number of hydrogen-bond donors (Lipinski definition) is 0. The molecule has 0 saturated heterocycles. The average molecular weight is 408 g/mol. The van der Waals surface area contributed by atoms with E-state index in [0.717, 1.165) is 10.0 Å². The van der Waals surface area contributed by atoms with E-state index in [1.54, 1.807) is 19.2 Å². The average Bonchev–Trinajstić information content (AvgIpc) is 2.41. The largest absolute Gasteiger partial charge is 0.496 e. The molecule has 2 aromatic rings. The number of benzene rings is 2. The molecule has 2 rings (SSSR count). The van der Waals surface area contributed by atoms with Gasteiger partial charge in [-0.25, -0.2) is 4.39 Å². The van der Waals surface area contributed by atoms with Gasteiger partial charge < -0.3 is 4.74 Å². The minimum absolute atomic E-state index is 0.107. The summed E-state index contributed by atoms with van der Waals surface area (Å²) in [5.74, 6) is 0.262. The van der Waals surface area contributed by atoms with Crippen molar-refractivity contribution in [2.24, 2.45) is 0 Å².